The summed E-state index contributed by atoms with van der Waals surface area (Å²) < 4.78 is 18.5. The maximum absolute atomic E-state index is 13.4. The SMILES string of the molecule is COc1cccc(C(=O)Cc2ccccc2F)c1. The highest BCUT2D eigenvalue weighted by Crippen LogP contribution is 2.16. The Balaban J connectivity index is 2.19. The van der Waals surface area contributed by atoms with Gasteiger partial charge in [-0.05, 0) is 23.8 Å². The molecule has 0 amide bonds. The molecule has 0 aromatic heterocycles. The van der Waals surface area contributed by atoms with Crippen molar-refractivity contribution in [2.24, 2.45) is 0 Å². The van der Waals surface area contributed by atoms with Crippen molar-refractivity contribution in [2.45, 2.75) is 6.42 Å². The molecule has 0 N–H and O–H groups in total. The van der Waals surface area contributed by atoms with Gasteiger partial charge in [0.05, 0.1) is 7.11 Å². The molecule has 0 radical (unpaired) electrons. The van der Waals surface area contributed by atoms with Gasteiger partial charge in [-0.15, -0.1) is 0 Å². The third-order valence-corrected chi connectivity index (χ3v) is 2.70. The second-order valence-electron chi connectivity index (χ2n) is 3.92. The maximum atomic E-state index is 13.4. The zero-order valence-electron chi connectivity index (χ0n) is 10.0. The molecule has 0 aliphatic heterocycles. The smallest absolute Gasteiger partial charge is 0.167 e. The van der Waals surface area contributed by atoms with Crippen LogP contribution >= 0.6 is 0 Å². The van der Waals surface area contributed by atoms with Gasteiger partial charge < -0.3 is 4.74 Å². The highest BCUT2D eigenvalue weighted by Gasteiger charge is 2.10. The van der Waals surface area contributed by atoms with Gasteiger partial charge in [-0.25, -0.2) is 4.39 Å². The fourth-order valence-corrected chi connectivity index (χ4v) is 1.71. The Morgan fingerprint density at radius 3 is 2.67 bits per heavy atom. The molecule has 0 spiro atoms. The van der Waals surface area contributed by atoms with Crippen molar-refractivity contribution >= 4 is 5.78 Å². The Morgan fingerprint density at radius 1 is 1.17 bits per heavy atom. The number of ether oxygens (including phenoxy) is 1. The first kappa shape index (κ1) is 12.3. The van der Waals surface area contributed by atoms with Crippen LogP contribution in [-0.4, -0.2) is 12.9 Å². The van der Waals surface area contributed by atoms with Crippen LogP contribution in [0.1, 0.15) is 15.9 Å². The zero-order valence-corrected chi connectivity index (χ0v) is 10.0. The Labute approximate surface area is 105 Å². The maximum Gasteiger partial charge on any atom is 0.167 e. The Kier molecular flexibility index (Phi) is 3.72. The van der Waals surface area contributed by atoms with E-state index in [0.29, 0.717) is 16.9 Å². The number of benzene rings is 2. The van der Waals surface area contributed by atoms with E-state index in [-0.39, 0.29) is 18.0 Å². The van der Waals surface area contributed by atoms with Crippen molar-refractivity contribution in [1.82, 2.24) is 0 Å². The first-order chi connectivity index (χ1) is 8.70. The van der Waals surface area contributed by atoms with Crippen LogP contribution in [0.2, 0.25) is 0 Å². The highest BCUT2D eigenvalue weighted by atomic mass is 19.1. The molecule has 3 heteroatoms. The number of hydrogen-bond donors (Lipinski definition) is 0. The molecule has 92 valence electrons. The highest BCUT2D eigenvalue weighted by molar-refractivity contribution is 5.97. The number of ketones is 1. The third kappa shape index (κ3) is 2.74. The predicted molar refractivity (Wildman–Crippen MR) is 67.4 cm³/mol. The molecule has 0 bridgehead atoms. The molecule has 2 aromatic carbocycles. The fourth-order valence-electron chi connectivity index (χ4n) is 1.71. The van der Waals surface area contributed by atoms with E-state index < -0.39 is 0 Å². The first-order valence-corrected chi connectivity index (χ1v) is 5.61. The van der Waals surface area contributed by atoms with E-state index in [4.69, 9.17) is 4.74 Å². The van der Waals surface area contributed by atoms with Crippen molar-refractivity contribution in [1.29, 1.82) is 0 Å². The number of methoxy groups -OCH3 is 1. The third-order valence-electron chi connectivity index (χ3n) is 2.70. The summed E-state index contributed by atoms with van der Waals surface area (Å²) in [5, 5.41) is 0. The summed E-state index contributed by atoms with van der Waals surface area (Å²) in [6.07, 6.45) is 0.0554. The average molecular weight is 244 g/mol. The molecule has 2 rings (SSSR count). The van der Waals surface area contributed by atoms with Gasteiger partial charge >= 0.3 is 0 Å². The molecule has 0 atom stereocenters. The Bertz CT molecular complexity index is 564. The molecule has 0 unspecified atom stereocenters. The topological polar surface area (TPSA) is 26.3 Å². The van der Waals surface area contributed by atoms with Gasteiger partial charge in [0.1, 0.15) is 11.6 Å². The van der Waals surface area contributed by atoms with Crippen LogP contribution in [0, 0.1) is 5.82 Å². The minimum atomic E-state index is -0.353. The summed E-state index contributed by atoms with van der Waals surface area (Å²) in [5.74, 6) is 0.141. The molecule has 0 heterocycles. The Morgan fingerprint density at radius 2 is 1.94 bits per heavy atom. The van der Waals surface area contributed by atoms with Crippen molar-refractivity contribution in [3.05, 3.63) is 65.5 Å². The number of hydrogen-bond acceptors (Lipinski definition) is 2. The van der Waals surface area contributed by atoms with Crippen LogP contribution < -0.4 is 4.74 Å². The van der Waals surface area contributed by atoms with Gasteiger partial charge in [0, 0.05) is 12.0 Å². The van der Waals surface area contributed by atoms with E-state index in [9.17, 15) is 9.18 Å². The van der Waals surface area contributed by atoms with Crippen LogP contribution in [0.25, 0.3) is 0 Å². The van der Waals surface area contributed by atoms with Crippen molar-refractivity contribution in [3.63, 3.8) is 0 Å². The molecule has 0 aliphatic rings. The summed E-state index contributed by atoms with van der Waals surface area (Å²) in [6.45, 7) is 0. The number of carbonyl (C=O) groups is 1. The molecule has 0 fully saturated rings. The molecule has 2 nitrogen and oxygen atoms in total. The lowest BCUT2D eigenvalue weighted by atomic mass is 10.0. The largest absolute Gasteiger partial charge is 0.497 e. The summed E-state index contributed by atoms with van der Waals surface area (Å²) in [6, 6.07) is 13.2. The van der Waals surface area contributed by atoms with E-state index in [0.717, 1.165) is 0 Å². The molecular formula is C15H13FO2. The zero-order chi connectivity index (χ0) is 13.0. The lowest BCUT2D eigenvalue weighted by Crippen LogP contribution is -2.05. The minimum absolute atomic E-state index is 0.0554. The normalized spacial score (nSPS) is 10.1. The van der Waals surface area contributed by atoms with Gasteiger partial charge in [-0.2, -0.15) is 0 Å². The summed E-state index contributed by atoms with van der Waals surface area (Å²) in [7, 11) is 1.54. The van der Waals surface area contributed by atoms with E-state index in [1.165, 1.54) is 6.07 Å². The molecule has 18 heavy (non-hydrogen) atoms. The monoisotopic (exact) mass is 244 g/mol. The van der Waals surface area contributed by atoms with Gasteiger partial charge in [-0.1, -0.05) is 30.3 Å². The van der Waals surface area contributed by atoms with Crippen LogP contribution in [0.15, 0.2) is 48.5 Å². The van der Waals surface area contributed by atoms with E-state index in [2.05, 4.69) is 0 Å². The quantitative estimate of drug-likeness (QED) is 0.772. The van der Waals surface area contributed by atoms with E-state index in [1.54, 1.807) is 49.6 Å². The molecule has 2 aromatic rings. The van der Waals surface area contributed by atoms with E-state index >= 15 is 0 Å². The molecule has 0 saturated heterocycles. The van der Waals surface area contributed by atoms with Gasteiger partial charge in [0.2, 0.25) is 0 Å². The lowest BCUT2D eigenvalue weighted by molar-refractivity contribution is 0.0991. The van der Waals surface area contributed by atoms with Gasteiger partial charge in [0.25, 0.3) is 0 Å². The van der Waals surface area contributed by atoms with Crippen LogP contribution in [-0.2, 0) is 6.42 Å². The summed E-state index contributed by atoms with van der Waals surface area (Å²) in [5.41, 5.74) is 0.933. The fraction of sp³-hybridized carbons (Fsp3) is 0.133. The second-order valence-corrected chi connectivity index (χ2v) is 3.92. The van der Waals surface area contributed by atoms with E-state index in [1.807, 2.05) is 0 Å². The minimum Gasteiger partial charge on any atom is -0.497 e. The number of carbonyl (C=O) groups excluding carboxylic acids is 1. The molecule has 0 saturated carbocycles. The number of Topliss-reactive ketones (excluding diaryl/α,β-unsaturated/α-hetero) is 1. The van der Waals surface area contributed by atoms with Crippen LogP contribution in [0.3, 0.4) is 0 Å². The Hall–Kier alpha value is -2.16. The predicted octanol–water partition coefficient (Wildman–Crippen LogP) is 3.26. The molecular weight excluding hydrogens is 231 g/mol. The lowest BCUT2D eigenvalue weighted by Gasteiger charge is -2.05. The second kappa shape index (κ2) is 5.45. The van der Waals surface area contributed by atoms with Crippen LogP contribution in [0.5, 0.6) is 5.75 Å². The average Bonchev–Trinajstić information content (AvgIpc) is 2.41. The van der Waals surface area contributed by atoms with Gasteiger partial charge in [0.15, 0.2) is 5.78 Å². The summed E-state index contributed by atoms with van der Waals surface area (Å²) >= 11 is 0. The number of halogens is 1. The standard InChI is InChI=1S/C15H13FO2/c1-18-13-7-4-6-12(9-13)15(17)10-11-5-2-3-8-14(11)16/h2-9H,10H2,1H3. The number of rotatable bonds is 4. The molecule has 0 aliphatic carbocycles. The van der Waals surface area contributed by atoms with Gasteiger partial charge in [-0.3, -0.25) is 4.79 Å². The van der Waals surface area contributed by atoms with Crippen molar-refractivity contribution < 1.29 is 13.9 Å². The van der Waals surface area contributed by atoms with Crippen molar-refractivity contribution in [3.8, 4) is 5.75 Å². The summed E-state index contributed by atoms with van der Waals surface area (Å²) in [4.78, 5) is 12.0. The van der Waals surface area contributed by atoms with Crippen molar-refractivity contribution in [2.75, 3.05) is 7.11 Å². The first-order valence-electron chi connectivity index (χ1n) is 5.61. The van der Waals surface area contributed by atoms with Crippen LogP contribution in [0.4, 0.5) is 4.39 Å².